The molecule has 0 saturated carbocycles. The van der Waals surface area contributed by atoms with Crippen molar-refractivity contribution in [3.8, 4) is 22.6 Å². The van der Waals surface area contributed by atoms with Gasteiger partial charge >= 0.3 is 5.97 Å². The summed E-state index contributed by atoms with van der Waals surface area (Å²) in [7, 11) is -2.31. The predicted octanol–water partition coefficient (Wildman–Crippen LogP) is 4.97. The Morgan fingerprint density at radius 3 is 2.15 bits per heavy atom. The maximum absolute atomic E-state index is 13.5. The van der Waals surface area contributed by atoms with Crippen LogP contribution in [0.25, 0.3) is 22.0 Å². The van der Waals surface area contributed by atoms with Gasteiger partial charge in [-0.1, -0.05) is 24.3 Å². The molecule has 34 heavy (non-hydrogen) atoms. The van der Waals surface area contributed by atoms with E-state index in [1.807, 2.05) is 31.2 Å². The number of carbonyl (C=O) groups is 1. The zero-order valence-electron chi connectivity index (χ0n) is 18.9. The van der Waals surface area contributed by atoms with Crippen molar-refractivity contribution >= 4 is 26.9 Å². The number of methoxy groups -OCH3 is 1. The van der Waals surface area contributed by atoms with Crippen molar-refractivity contribution in [2.75, 3.05) is 13.7 Å². The molecule has 0 aliphatic carbocycles. The van der Waals surface area contributed by atoms with Crippen molar-refractivity contribution in [3.63, 3.8) is 0 Å². The van der Waals surface area contributed by atoms with Crippen molar-refractivity contribution in [1.29, 1.82) is 0 Å². The highest BCUT2D eigenvalue weighted by molar-refractivity contribution is 7.90. The Labute approximate surface area is 198 Å². The first-order valence-electron chi connectivity index (χ1n) is 10.8. The van der Waals surface area contributed by atoms with Gasteiger partial charge in [-0.25, -0.2) is 12.4 Å². The molecule has 0 fully saturated rings. The van der Waals surface area contributed by atoms with Gasteiger partial charge in [-0.2, -0.15) is 0 Å². The summed E-state index contributed by atoms with van der Waals surface area (Å²) in [6, 6.07) is 19.4. The number of ether oxygens (including phenoxy) is 2. The lowest BCUT2D eigenvalue weighted by Crippen LogP contribution is -2.11. The molecule has 4 aromatic rings. The van der Waals surface area contributed by atoms with E-state index >= 15 is 0 Å². The minimum Gasteiger partial charge on any atom is -0.497 e. The molecule has 0 saturated heterocycles. The van der Waals surface area contributed by atoms with Crippen LogP contribution in [0.2, 0.25) is 0 Å². The van der Waals surface area contributed by atoms with Crippen LogP contribution in [-0.4, -0.2) is 37.2 Å². The highest BCUT2D eigenvalue weighted by Crippen LogP contribution is 2.31. The molecule has 0 spiro atoms. The number of fused-ring (bicyclic) bond motifs is 1. The minimum atomic E-state index is -3.91. The summed E-state index contributed by atoms with van der Waals surface area (Å²) in [5, 5.41) is 9.78. The fourth-order valence-corrected chi connectivity index (χ4v) is 5.25. The van der Waals surface area contributed by atoms with E-state index in [2.05, 4.69) is 0 Å². The molecule has 8 heteroatoms. The first kappa shape index (κ1) is 23.4. The Bertz CT molecular complexity index is 1420. The summed E-state index contributed by atoms with van der Waals surface area (Å²) < 4.78 is 39.0. The second-order valence-corrected chi connectivity index (χ2v) is 9.53. The third kappa shape index (κ3) is 4.63. The van der Waals surface area contributed by atoms with Gasteiger partial charge in [-0.05, 0) is 72.5 Å². The highest BCUT2D eigenvalue weighted by atomic mass is 32.2. The van der Waals surface area contributed by atoms with Gasteiger partial charge in [-0.3, -0.25) is 4.79 Å². The number of rotatable bonds is 9. The molecule has 0 aliphatic rings. The lowest BCUT2D eigenvalue weighted by molar-refractivity contribution is -0.136. The third-order valence-corrected chi connectivity index (χ3v) is 7.27. The third-order valence-electron chi connectivity index (χ3n) is 5.58. The van der Waals surface area contributed by atoms with Crippen molar-refractivity contribution in [2.45, 2.75) is 24.7 Å². The van der Waals surface area contributed by atoms with E-state index in [1.54, 1.807) is 49.6 Å². The molecule has 1 N–H and O–H groups in total. The fraction of sp³-hybridized carbons (Fsp3) is 0.192. The Balaban J connectivity index is 1.73. The summed E-state index contributed by atoms with van der Waals surface area (Å²) in [6.07, 6.45) is 1.62. The first-order chi connectivity index (χ1) is 16.3. The van der Waals surface area contributed by atoms with Crippen LogP contribution in [0, 0.1) is 0 Å². The van der Waals surface area contributed by atoms with Crippen LogP contribution in [0.5, 0.6) is 11.5 Å². The van der Waals surface area contributed by atoms with E-state index in [-0.39, 0.29) is 17.7 Å². The minimum absolute atomic E-state index is 0.103. The maximum Gasteiger partial charge on any atom is 0.303 e. The molecule has 0 bridgehead atoms. The van der Waals surface area contributed by atoms with Crippen molar-refractivity contribution in [1.82, 2.24) is 3.97 Å². The number of aryl methyl sites for hydroxylation is 1. The van der Waals surface area contributed by atoms with Gasteiger partial charge < -0.3 is 14.6 Å². The summed E-state index contributed by atoms with van der Waals surface area (Å²) in [4.78, 5) is 11.3. The molecule has 0 atom stereocenters. The molecule has 4 rings (SSSR count). The zero-order valence-corrected chi connectivity index (χ0v) is 19.7. The summed E-state index contributed by atoms with van der Waals surface area (Å²) in [5.41, 5.74) is 2.93. The number of carboxylic acid groups (broad SMARTS) is 1. The lowest BCUT2D eigenvalue weighted by Gasteiger charge is -2.10. The smallest absolute Gasteiger partial charge is 0.303 e. The van der Waals surface area contributed by atoms with Gasteiger partial charge in [0.25, 0.3) is 10.0 Å². The van der Waals surface area contributed by atoms with E-state index in [4.69, 9.17) is 14.6 Å². The number of carboxylic acids is 1. The molecule has 1 aromatic heterocycles. The maximum atomic E-state index is 13.5. The molecule has 3 aromatic carbocycles. The van der Waals surface area contributed by atoms with Gasteiger partial charge in [0, 0.05) is 18.0 Å². The molecule has 0 amide bonds. The number of hydrogen-bond acceptors (Lipinski definition) is 5. The van der Waals surface area contributed by atoms with Crippen molar-refractivity contribution in [2.24, 2.45) is 0 Å². The molecular formula is C26H25NO6S. The van der Waals surface area contributed by atoms with Crippen LogP contribution < -0.4 is 9.47 Å². The van der Waals surface area contributed by atoms with Crippen LogP contribution >= 0.6 is 0 Å². The van der Waals surface area contributed by atoms with E-state index < -0.39 is 16.0 Å². The summed E-state index contributed by atoms with van der Waals surface area (Å²) in [5.74, 6) is 0.401. The molecule has 7 nitrogen and oxygen atoms in total. The fourth-order valence-electron chi connectivity index (χ4n) is 3.86. The lowest BCUT2D eigenvalue weighted by atomic mass is 10.1. The van der Waals surface area contributed by atoms with E-state index in [0.717, 1.165) is 16.9 Å². The average molecular weight is 480 g/mol. The zero-order chi connectivity index (χ0) is 24.3. The largest absolute Gasteiger partial charge is 0.497 e. The number of aromatic nitrogens is 1. The Morgan fingerprint density at radius 1 is 0.941 bits per heavy atom. The molecule has 176 valence electrons. The summed E-state index contributed by atoms with van der Waals surface area (Å²) in [6.45, 7) is 2.33. The number of aliphatic carboxylic acids is 1. The average Bonchev–Trinajstić information content (AvgIpc) is 3.22. The van der Waals surface area contributed by atoms with Crippen molar-refractivity contribution < 1.29 is 27.8 Å². The molecule has 0 aliphatic heterocycles. The normalized spacial score (nSPS) is 11.5. The van der Waals surface area contributed by atoms with Gasteiger partial charge in [0.05, 0.1) is 24.1 Å². The van der Waals surface area contributed by atoms with Gasteiger partial charge in [0.15, 0.2) is 0 Å². The van der Waals surface area contributed by atoms with Crippen LogP contribution in [-0.2, 0) is 21.2 Å². The second-order valence-electron chi connectivity index (χ2n) is 7.71. The van der Waals surface area contributed by atoms with E-state index in [9.17, 15) is 13.2 Å². The standard InChI is InChI=1S/C26H25NO6S/c1-3-33-22-11-14-25-24(16-22)20(8-15-26(28)29)17-27(25)34(30,31)23-12-6-19(7-13-23)18-4-9-21(32-2)10-5-18/h4-7,9-14,16-17H,3,8,15H2,1-2H3,(H,28,29). The van der Waals surface area contributed by atoms with Crippen LogP contribution in [0.15, 0.2) is 77.8 Å². The van der Waals surface area contributed by atoms with Crippen LogP contribution in [0.1, 0.15) is 18.9 Å². The highest BCUT2D eigenvalue weighted by Gasteiger charge is 2.22. The Kier molecular flexibility index (Phi) is 6.61. The summed E-state index contributed by atoms with van der Waals surface area (Å²) >= 11 is 0. The van der Waals surface area contributed by atoms with E-state index in [0.29, 0.717) is 28.8 Å². The van der Waals surface area contributed by atoms with Gasteiger partial charge in [0.1, 0.15) is 11.5 Å². The molecule has 0 unspecified atom stereocenters. The van der Waals surface area contributed by atoms with Crippen molar-refractivity contribution in [3.05, 3.63) is 78.5 Å². The number of hydrogen-bond donors (Lipinski definition) is 1. The van der Waals surface area contributed by atoms with Crippen LogP contribution in [0.3, 0.4) is 0 Å². The Morgan fingerprint density at radius 2 is 1.56 bits per heavy atom. The predicted molar refractivity (Wildman–Crippen MR) is 130 cm³/mol. The van der Waals surface area contributed by atoms with E-state index in [1.165, 1.54) is 10.2 Å². The molecular weight excluding hydrogens is 454 g/mol. The quantitative estimate of drug-likeness (QED) is 0.364. The van der Waals surface area contributed by atoms with Gasteiger partial charge in [-0.15, -0.1) is 0 Å². The number of benzene rings is 3. The monoisotopic (exact) mass is 479 g/mol. The van der Waals surface area contributed by atoms with Crippen LogP contribution in [0.4, 0.5) is 0 Å². The van der Waals surface area contributed by atoms with Gasteiger partial charge in [0.2, 0.25) is 0 Å². The first-order valence-corrected chi connectivity index (χ1v) is 12.3. The SMILES string of the molecule is CCOc1ccc2c(c1)c(CCC(=O)O)cn2S(=O)(=O)c1ccc(-c2ccc(OC)cc2)cc1. The Hall–Kier alpha value is -3.78. The second kappa shape index (κ2) is 9.61. The molecule has 0 radical (unpaired) electrons. The topological polar surface area (TPSA) is 94.8 Å². The molecule has 1 heterocycles. The number of nitrogens with zero attached hydrogens (tertiary/aromatic N) is 1.